The number of carbonyl (C=O) groups is 2. The molecule has 0 bridgehead atoms. The van der Waals surface area contributed by atoms with Crippen LogP contribution in [-0.4, -0.2) is 42.0 Å². The van der Waals surface area contributed by atoms with Gasteiger partial charge < -0.3 is 15.5 Å². The fourth-order valence-electron chi connectivity index (χ4n) is 2.55. The van der Waals surface area contributed by atoms with Gasteiger partial charge >= 0.3 is 6.03 Å². The van der Waals surface area contributed by atoms with Gasteiger partial charge in [-0.3, -0.25) is 4.79 Å². The molecule has 96 valence electrons. The summed E-state index contributed by atoms with van der Waals surface area (Å²) in [5.74, 6) is 0.263. The Bertz CT molecular complexity index is 309. The maximum Gasteiger partial charge on any atom is 0.315 e. The summed E-state index contributed by atoms with van der Waals surface area (Å²) < 4.78 is 0. The molecule has 17 heavy (non-hydrogen) atoms. The predicted octanol–water partition coefficient (Wildman–Crippen LogP) is 0.851. The minimum atomic E-state index is -0.0986. The van der Waals surface area contributed by atoms with Gasteiger partial charge in [0.15, 0.2) is 0 Å². The number of carbonyl (C=O) groups excluding carboxylic acids is 2. The second-order valence-corrected chi connectivity index (χ2v) is 5.07. The molecule has 5 heteroatoms. The Labute approximate surface area is 102 Å². The van der Waals surface area contributed by atoms with Crippen LogP contribution < -0.4 is 10.6 Å². The van der Waals surface area contributed by atoms with Crippen molar-refractivity contribution in [2.45, 2.75) is 44.6 Å². The first-order chi connectivity index (χ1) is 8.15. The van der Waals surface area contributed by atoms with E-state index in [2.05, 4.69) is 17.6 Å². The van der Waals surface area contributed by atoms with Crippen molar-refractivity contribution in [3.05, 3.63) is 0 Å². The summed E-state index contributed by atoms with van der Waals surface area (Å²) in [4.78, 5) is 25.0. The minimum absolute atomic E-state index is 0.0734. The van der Waals surface area contributed by atoms with Crippen molar-refractivity contribution in [3.8, 4) is 0 Å². The van der Waals surface area contributed by atoms with Gasteiger partial charge in [0, 0.05) is 26.1 Å². The van der Waals surface area contributed by atoms with Gasteiger partial charge in [-0.1, -0.05) is 13.3 Å². The van der Waals surface area contributed by atoms with Crippen LogP contribution in [0.3, 0.4) is 0 Å². The average molecular weight is 239 g/mol. The molecule has 0 atom stereocenters. The maximum absolute atomic E-state index is 11.8. The van der Waals surface area contributed by atoms with Crippen molar-refractivity contribution in [3.63, 3.8) is 0 Å². The van der Waals surface area contributed by atoms with Gasteiger partial charge in [-0.05, 0) is 19.3 Å². The van der Waals surface area contributed by atoms with E-state index in [9.17, 15) is 9.59 Å². The summed E-state index contributed by atoms with van der Waals surface area (Å²) >= 11 is 0. The molecule has 2 fully saturated rings. The molecule has 2 aliphatic rings. The highest BCUT2D eigenvalue weighted by Crippen LogP contribution is 2.24. The molecule has 1 spiro atoms. The van der Waals surface area contributed by atoms with Gasteiger partial charge in [0.25, 0.3) is 0 Å². The Balaban J connectivity index is 1.81. The number of hydrogen-bond donors (Lipinski definition) is 2. The van der Waals surface area contributed by atoms with E-state index < -0.39 is 0 Å². The fraction of sp³-hybridized carbons (Fsp3) is 0.833. The first-order valence-corrected chi connectivity index (χ1v) is 6.49. The topological polar surface area (TPSA) is 61.4 Å². The Morgan fingerprint density at radius 3 is 2.65 bits per heavy atom. The highest BCUT2D eigenvalue weighted by atomic mass is 16.2. The molecule has 3 amide bonds. The lowest BCUT2D eigenvalue weighted by Gasteiger charge is -2.38. The molecule has 2 saturated heterocycles. The van der Waals surface area contributed by atoms with E-state index in [4.69, 9.17) is 0 Å². The summed E-state index contributed by atoms with van der Waals surface area (Å²) in [5.41, 5.74) is -0.0986. The van der Waals surface area contributed by atoms with Crippen molar-refractivity contribution in [2.24, 2.45) is 0 Å². The number of nitrogens with one attached hydrogen (secondary N) is 2. The number of rotatable bonds is 3. The average Bonchev–Trinajstić information content (AvgIpc) is 2.68. The number of nitrogens with zero attached hydrogens (tertiary/aromatic N) is 1. The van der Waals surface area contributed by atoms with Crippen LogP contribution in [-0.2, 0) is 4.79 Å². The molecule has 2 rings (SSSR count). The summed E-state index contributed by atoms with van der Waals surface area (Å²) in [6.07, 6.45) is 4.42. The zero-order valence-electron chi connectivity index (χ0n) is 10.4. The van der Waals surface area contributed by atoms with E-state index >= 15 is 0 Å². The van der Waals surface area contributed by atoms with Crippen LogP contribution in [0.5, 0.6) is 0 Å². The summed E-state index contributed by atoms with van der Waals surface area (Å²) in [6, 6.07) is -0.0734. The van der Waals surface area contributed by atoms with Crippen LogP contribution in [0.25, 0.3) is 0 Å². The molecular formula is C12H21N3O2. The zero-order chi connectivity index (χ0) is 12.3. The van der Waals surface area contributed by atoms with Crippen LogP contribution in [0, 0.1) is 0 Å². The van der Waals surface area contributed by atoms with E-state index in [1.54, 1.807) is 0 Å². The molecule has 0 radical (unpaired) electrons. The molecule has 0 aliphatic carbocycles. The number of amides is 3. The van der Waals surface area contributed by atoms with E-state index in [0.29, 0.717) is 13.0 Å². The first kappa shape index (κ1) is 12.2. The van der Waals surface area contributed by atoms with Crippen LogP contribution >= 0.6 is 0 Å². The molecule has 0 saturated carbocycles. The van der Waals surface area contributed by atoms with Crippen LogP contribution in [0.4, 0.5) is 4.79 Å². The van der Waals surface area contributed by atoms with Crippen LogP contribution in [0.15, 0.2) is 0 Å². The van der Waals surface area contributed by atoms with Crippen molar-refractivity contribution in [1.29, 1.82) is 0 Å². The Kier molecular flexibility index (Phi) is 3.54. The van der Waals surface area contributed by atoms with E-state index in [-0.39, 0.29) is 17.5 Å². The lowest BCUT2D eigenvalue weighted by atomic mass is 9.88. The number of piperidine rings is 1. The third-order valence-electron chi connectivity index (χ3n) is 3.78. The smallest absolute Gasteiger partial charge is 0.315 e. The van der Waals surface area contributed by atoms with Gasteiger partial charge in [0.05, 0.1) is 5.54 Å². The largest absolute Gasteiger partial charge is 0.343 e. The molecule has 2 aliphatic heterocycles. The molecular weight excluding hydrogens is 218 g/mol. The Morgan fingerprint density at radius 2 is 2.12 bits per heavy atom. The molecule has 0 aromatic rings. The van der Waals surface area contributed by atoms with Gasteiger partial charge in [0.2, 0.25) is 5.91 Å². The molecule has 0 aromatic heterocycles. The zero-order valence-corrected chi connectivity index (χ0v) is 10.4. The second kappa shape index (κ2) is 4.94. The van der Waals surface area contributed by atoms with E-state index in [1.807, 2.05) is 4.90 Å². The van der Waals surface area contributed by atoms with Gasteiger partial charge in [-0.25, -0.2) is 4.79 Å². The quantitative estimate of drug-likeness (QED) is 0.767. The Hall–Kier alpha value is -1.26. The second-order valence-electron chi connectivity index (χ2n) is 5.07. The summed E-state index contributed by atoms with van der Waals surface area (Å²) in [6.45, 7) is 4.33. The van der Waals surface area contributed by atoms with Crippen molar-refractivity contribution >= 4 is 11.9 Å². The number of likely N-dealkylation sites (tertiary alicyclic amines) is 1. The molecule has 2 heterocycles. The van der Waals surface area contributed by atoms with Crippen LogP contribution in [0.2, 0.25) is 0 Å². The van der Waals surface area contributed by atoms with E-state index in [0.717, 1.165) is 38.8 Å². The Morgan fingerprint density at radius 1 is 1.41 bits per heavy atom. The summed E-state index contributed by atoms with van der Waals surface area (Å²) in [7, 11) is 0. The third kappa shape index (κ3) is 2.70. The van der Waals surface area contributed by atoms with Gasteiger partial charge in [-0.2, -0.15) is 0 Å². The molecule has 2 N–H and O–H groups in total. The highest BCUT2D eigenvalue weighted by molar-refractivity contribution is 5.78. The van der Waals surface area contributed by atoms with Crippen molar-refractivity contribution < 1.29 is 9.59 Å². The minimum Gasteiger partial charge on any atom is -0.343 e. The lowest BCUT2D eigenvalue weighted by molar-refractivity contribution is -0.132. The fourth-order valence-corrected chi connectivity index (χ4v) is 2.55. The van der Waals surface area contributed by atoms with Crippen molar-refractivity contribution in [2.75, 3.05) is 19.6 Å². The molecule has 0 aromatic carbocycles. The van der Waals surface area contributed by atoms with Crippen molar-refractivity contribution in [1.82, 2.24) is 15.5 Å². The lowest BCUT2D eigenvalue weighted by Crippen LogP contribution is -2.53. The monoisotopic (exact) mass is 239 g/mol. The van der Waals surface area contributed by atoms with Gasteiger partial charge in [0.1, 0.15) is 0 Å². The predicted molar refractivity (Wildman–Crippen MR) is 64.6 cm³/mol. The third-order valence-corrected chi connectivity index (χ3v) is 3.78. The van der Waals surface area contributed by atoms with E-state index in [1.165, 1.54) is 0 Å². The summed E-state index contributed by atoms with van der Waals surface area (Å²) in [5, 5.41) is 5.79. The maximum atomic E-state index is 11.8. The SMILES string of the molecule is CCCCC(=O)N1CCC2(CC1)CNC(=O)N2. The standard InChI is InChI=1S/C12H21N3O2/c1-2-3-4-10(16)15-7-5-12(6-8-15)9-13-11(17)14-12/h2-9H2,1H3,(H2,13,14,17). The highest BCUT2D eigenvalue weighted by Gasteiger charge is 2.40. The molecule has 5 nitrogen and oxygen atoms in total. The molecule has 0 unspecified atom stereocenters. The number of unbranched alkanes of at least 4 members (excludes halogenated alkanes) is 1. The normalized spacial score (nSPS) is 22.4. The number of urea groups is 1. The first-order valence-electron chi connectivity index (χ1n) is 6.49. The van der Waals surface area contributed by atoms with Crippen LogP contribution in [0.1, 0.15) is 39.0 Å². The number of hydrogen-bond acceptors (Lipinski definition) is 2. The van der Waals surface area contributed by atoms with Gasteiger partial charge in [-0.15, -0.1) is 0 Å².